The molecule has 0 bridgehead atoms. The van der Waals surface area contributed by atoms with E-state index in [4.69, 9.17) is 4.74 Å². The Morgan fingerprint density at radius 1 is 1.38 bits per heavy atom. The van der Waals surface area contributed by atoms with E-state index < -0.39 is 10.7 Å². The first-order valence-corrected chi connectivity index (χ1v) is 8.78. The van der Waals surface area contributed by atoms with E-state index in [1.807, 2.05) is 18.5 Å². The van der Waals surface area contributed by atoms with Crippen molar-refractivity contribution in [2.75, 3.05) is 0 Å². The average molecular weight is 402 g/mol. The van der Waals surface area contributed by atoms with Gasteiger partial charge in [0.1, 0.15) is 11.5 Å². The molecule has 11 heteroatoms. The van der Waals surface area contributed by atoms with Gasteiger partial charge >= 0.3 is 5.69 Å². The molecule has 152 valence electrons. The van der Waals surface area contributed by atoms with Crippen LogP contribution >= 0.6 is 0 Å². The summed E-state index contributed by atoms with van der Waals surface area (Å²) in [7, 11) is 0. The van der Waals surface area contributed by atoms with Crippen LogP contribution in [0, 0.1) is 22.9 Å². The number of nitro benzene ring substituents is 1. The smallest absolute Gasteiger partial charge is 0.311 e. The molecule has 0 aliphatic heterocycles. The molecular weight excluding hydrogens is 383 g/mol. The number of aromatic nitrogens is 4. The van der Waals surface area contributed by atoms with Crippen LogP contribution < -0.4 is 10.1 Å². The minimum Gasteiger partial charge on any atom is -0.464 e. The van der Waals surface area contributed by atoms with Crippen LogP contribution in [0.2, 0.25) is 0 Å². The second-order valence-electron chi connectivity index (χ2n) is 6.14. The van der Waals surface area contributed by atoms with Crippen LogP contribution in [0.3, 0.4) is 0 Å². The third-order valence-corrected chi connectivity index (χ3v) is 4.29. The third-order valence-electron chi connectivity index (χ3n) is 4.29. The van der Waals surface area contributed by atoms with Crippen molar-refractivity contribution in [2.45, 2.75) is 33.7 Å². The summed E-state index contributed by atoms with van der Waals surface area (Å²) < 4.78 is 21.7. The van der Waals surface area contributed by atoms with Crippen LogP contribution in [0.5, 0.6) is 5.75 Å². The van der Waals surface area contributed by atoms with E-state index >= 15 is 0 Å². The number of carbonyl (C=O) groups excluding carboxylic acids is 1. The number of carbonyl (C=O) groups is 1. The lowest BCUT2D eigenvalue weighted by Gasteiger charge is -2.07. The monoisotopic (exact) mass is 402 g/mol. The summed E-state index contributed by atoms with van der Waals surface area (Å²) in [5.74, 6) is -1.27. The summed E-state index contributed by atoms with van der Waals surface area (Å²) >= 11 is 0. The number of hydrogen-bond acceptors (Lipinski definition) is 6. The van der Waals surface area contributed by atoms with E-state index in [1.165, 1.54) is 16.9 Å². The molecule has 0 aliphatic rings. The Balaban J connectivity index is 1.60. The SMILES string of the molecule is CCn1ncc(CNC(=O)c2ccn(COc3cc(F)ccc3[N+](=O)[O-])n2)c1C. The molecule has 0 unspecified atom stereocenters. The Labute approximate surface area is 165 Å². The molecule has 10 nitrogen and oxygen atoms in total. The number of rotatable bonds is 8. The zero-order valence-corrected chi connectivity index (χ0v) is 15.8. The Morgan fingerprint density at radius 3 is 2.86 bits per heavy atom. The van der Waals surface area contributed by atoms with Gasteiger partial charge in [-0.05, 0) is 26.0 Å². The average Bonchev–Trinajstić information content (AvgIpc) is 3.31. The summed E-state index contributed by atoms with van der Waals surface area (Å²) in [6.45, 7) is 4.74. The van der Waals surface area contributed by atoms with Crippen LogP contribution in [0.1, 0.15) is 28.7 Å². The van der Waals surface area contributed by atoms with Gasteiger partial charge in [-0.15, -0.1) is 0 Å². The van der Waals surface area contributed by atoms with Crippen molar-refractivity contribution in [1.82, 2.24) is 24.9 Å². The Morgan fingerprint density at radius 2 is 2.17 bits per heavy atom. The highest BCUT2D eigenvalue weighted by Crippen LogP contribution is 2.27. The van der Waals surface area contributed by atoms with Crippen LogP contribution in [-0.2, 0) is 19.8 Å². The molecule has 1 N–H and O–H groups in total. The molecule has 0 saturated carbocycles. The van der Waals surface area contributed by atoms with Crippen molar-refractivity contribution >= 4 is 11.6 Å². The maximum atomic E-state index is 13.3. The minimum absolute atomic E-state index is 0.155. The lowest BCUT2D eigenvalue weighted by Crippen LogP contribution is -2.24. The van der Waals surface area contributed by atoms with Crippen LogP contribution in [-0.4, -0.2) is 30.4 Å². The predicted molar refractivity (Wildman–Crippen MR) is 99.7 cm³/mol. The molecule has 0 aliphatic carbocycles. The lowest BCUT2D eigenvalue weighted by molar-refractivity contribution is -0.386. The van der Waals surface area contributed by atoms with E-state index in [0.29, 0.717) is 6.54 Å². The number of nitrogens with one attached hydrogen (secondary N) is 1. The van der Waals surface area contributed by atoms with E-state index in [-0.39, 0.29) is 29.8 Å². The standard InChI is InChI=1S/C18H19FN6O4/c1-3-24-12(2)13(10-21-24)9-20-18(26)15-6-7-23(22-15)11-29-17-8-14(19)4-5-16(17)25(27)28/h4-8,10H,3,9,11H2,1-2H3,(H,20,26). The zero-order valence-electron chi connectivity index (χ0n) is 15.8. The number of nitrogens with zero attached hydrogens (tertiary/aromatic N) is 5. The molecular formula is C18H19FN6O4. The fourth-order valence-corrected chi connectivity index (χ4v) is 2.69. The molecule has 3 aromatic rings. The van der Waals surface area contributed by atoms with Gasteiger partial charge in [-0.25, -0.2) is 9.07 Å². The highest BCUT2D eigenvalue weighted by molar-refractivity contribution is 5.92. The van der Waals surface area contributed by atoms with Gasteiger partial charge in [0.25, 0.3) is 5.91 Å². The number of hydrogen-bond donors (Lipinski definition) is 1. The van der Waals surface area contributed by atoms with Crippen molar-refractivity contribution < 1.29 is 18.8 Å². The Bertz CT molecular complexity index is 1040. The molecule has 2 aromatic heterocycles. The first-order valence-electron chi connectivity index (χ1n) is 8.78. The second kappa shape index (κ2) is 8.50. The summed E-state index contributed by atoms with van der Waals surface area (Å²) in [6.07, 6.45) is 3.19. The Hall–Kier alpha value is -3.76. The molecule has 2 heterocycles. The van der Waals surface area contributed by atoms with Crippen molar-refractivity contribution in [2.24, 2.45) is 0 Å². The van der Waals surface area contributed by atoms with Crippen molar-refractivity contribution in [1.29, 1.82) is 0 Å². The number of nitro groups is 1. The number of aryl methyl sites for hydroxylation is 1. The molecule has 0 spiro atoms. The normalized spacial score (nSPS) is 10.7. The molecule has 0 saturated heterocycles. The molecule has 0 atom stereocenters. The topological polar surface area (TPSA) is 117 Å². The second-order valence-corrected chi connectivity index (χ2v) is 6.14. The quantitative estimate of drug-likeness (QED) is 0.457. The fourth-order valence-electron chi connectivity index (χ4n) is 2.69. The maximum absolute atomic E-state index is 13.3. The highest BCUT2D eigenvalue weighted by atomic mass is 19.1. The lowest BCUT2D eigenvalue weighted by atomic mass is 10.2. The van der Waals surface area contributed by atoms with Gasteiger partial charge in [0.15, 0.2) is 6.73 Å². The summed E-state index contributed by atoms with van der Waals surface area (Å²) in [4.78, 5) is 22.6. The van der Waals surface area contributed by atoms with Gasteiger partial charge in [-0.2, -0.15) is 10.2 Å². The molecule has 0 radical (unpaired) electrons. The van der Waals surface area contributed by atoms with E-state index in [2.05, 4.69) is 15.5 Å². The van der Waals surface area contributed by atoms with E-state index in [9.17, 15) is 19.3 Å². The first kappa shape index (κ1) is 20.0. The zero-order chi connectivity index (χ0) is 21.0. The van der Waals surface area contributed by atoms with Crippen molar-refractivity contribution in [3.63, 3.8) is 0 Å². The molecule has 29 heavy (non-hydrogen) atoms. The van der Waals surface area contributed by atoms with Crippen LogP contribution in [0.25, 0.3) is 0 Å². The molecule has 3 rings (SSSR count). The van der Waals surface area contributed by atoms with Gasteiger partial charge in [0.05, 0.1) is 11.1 Å². The van der Waals surface area contributed by atoms with Gasteiger partial charge in [0.2, 0.25) is 5.75 Å². The number of benzene rings is 1. The first-order chi connectivity index (χ1) is 13.9. The van der Waals surface area contributed by atoms with Crippen molar-refractivity contribution in [3.8, 4) is 5.75 Å². The van der Waals surface area contributed by atoms with Crippen molar-refractivity contribution in [3.05, 3.63) is 69.5 Å². The highest BCUT2D eigenvalue weighted by Gasteiger charge is 2.17. The number of amides is 1. The summed E-state index contributed by atoms with van der Waals surface area (Å²) in [5.41, 5.74) is 1.67. The van der Waals surface area contributed by atoms with Gasteiger partial charge < -0.3 is 10.1 Å². The van der Waals surface area contributed by atoms with E-state index in [1.54, 1.807) is 6.20 Å². The maximum Gasteiger partial charge on any atom is 0.311 e. The van der Waals surface area contributed by atoms with Crippen LogP contribution in [0.4, 0.5) is 10.1 Å². The molecule has 1 amide bonds. The largest absolute Gasteiger partial charge is 0.464 e. The van der Waals surface area contributed by atoms with Gasteiger partial charge in [0, 0.05) is 42.7 Å². The van der Waals surface area contributed by atoms with Crippen LogP contribution in [0.15, 0.2) is 36.7 Å². The minimum atomic E-state index is -0.667. The molecule has 1 aromatic carbocycles. The number of halogens is 1. The predicted octanol–water partition coefficient (Wildman–Crippen LogP) is 2.42. The van der Waals surface area contributed by atoms with E-state index in [0.717, 1.165) is 36.0 Å². The summed E-state index contributed by atoms with van der Waals surface area (Å²) in [6, 6.07) is 4.41. The third kappa shape index (κ3) is 4.57. The van der Waals surface area contributed by atoms with Gasteiger partial charge in [-0.3, -0.25) is 19.6 Å². The molecule has 0 fully saturated rings. The van der Waals surface area contributed by atoms with Gasteiger partial charge in [-0.1, -0.05) is 0 Å². The summed E-state index contributed by atoms with van der Waals surface area (Å²) in [5, 5.41) is 22.1. The number of ether oxygens (including phenoxy) is 1. The Kier molecular flexibility index (Phi) is 5.86. The fraction of sp³-hybridized carbons (Fsp3) is 0.278.